The Morgan fingerprint density at radius 1 is 1.14 bits per heavy atom. The fourth-order valence-corrected chi connectivity index (χ4v) is 3.79. The molecule has 28 heavy (non-hydrogen) atoms. The predicted molar refractivity (Wildman–Crippen MR) is 110 cm³/mol. The molecule has 4 aromatic rings. The minimum Gasteiger partial charge on any atom is -0.455 e. The number of esters is 1. The van der Waals surface area contributed by atoms with Crippen LogP contribution in [0.5, 0.6) is 0 Å². The van der Waals surface area contributed by atoms with E-state index >= 15 is 0 Å². The van der Waals surface area contributed by atoms with E-state index < -0.39 is 5.97 Å². The third-order valence-corrected chi connectivity index (χ3v) is 5.51. The van der Waals surface area contributed by atoms with Crippen molar-refractivity contribution in [2.75, 3.05) is 0 Å². The molecule has 0 aliphatic carbocycles. The maximum Gasteiger partial charge on any atom is 0.348 e. The van der Waals surface area contributed by atoms with Gasteiger partial charge in [-0.05, 0) is 48.4 Å². The number of hydrogen-bond donors (Lipinski definition) is 0. The molecule has 1 aromatic carbocycles. The summed E-state index contributed by atoms with van der Waals surface area (Å²) < 4.78 is 6.82. The van der Waals surface area contributed by atoms with E-state index in [1.54, 1.807) is 30.5 Å². The number of ether oxygens (including phenoxy) is 1. The lowest BCUT2D eigenvalue weighted by Crippen LogP contribution is -2.16. The number of carbonyl (C=O) groups excluding carboxylic acids is 1. The number of thiophene rings is 1. The van der Waals surface area contributed by atoms with E-state index in [2.05, 4.69) is 4.98 Å². The van der Waals surface area contributed by atoms with Crippen LogP contribution in [0.3, 0.4) is 0 Å². The third-order valence-electron chi connectivity index (χ3n) is 4.15. The summed E-state index contributed by atoms with van der Waals surface area (Å²) in [5, 5.41) is 0.661. The number of nitrogens with zero attached hydrogens (tertiary/aromatic N) is 2. The second-order valence-electron chi connectivity index (χ2n) is 6.27. The molecule has 3 heterocycles. The molecule has 0 fully saturated rings. The zero-order valence-corrected chi connectivity index (χ0v) is 16.5. The number of aromatic nitrogens is 2. The van der Waals surface area contributed by atoms with Crippen LogP contribution in [0, 0.1) is 6.92 Å². The summed E-state index contributed by atoms with van der Waals surface area (Å²) in [5.41, 5.74) is 2.67. The summed E-state index contributed by atoms with van der Waals surface area (Å²) in [6.45, 7) is 1.84. The van der Waals surface area contributed by atoms with Crippen molar-refractivity contribution in [3.63, 3.8) is 0 Å². The molecular weight excluding hydrogens is 396 g/mol. The first-order chi connectivity index (χ1) is 13.5. The zero-order valence-electron chi connectivity index (χ0n) is 14.9. The standard InChI is InChI=1S/C21H15ClN2O3S/c1-13-2-9-19-23-16(10-20(25)24(19)11-13)12-27-21(26)18-8-7-17(28-18)14-3-5-15(22)6-4-14/h2-11H,12H2,1H3. The van der Waals surface area contributed by atoms with Crippen LogP contribution in [0.25, 0.3) is 16.1 Å². The molecule has 4 rings (SSSR count). The fraction of sp³-hybridized carbons (Fsp3) is 0.0952. The minimum absolute atomic E-state index is 0.0629. The molecule has 0 unspecified atom stereocenters. The van der Waals surface area contributed by atoms with E-state index in [9.17, 15) is 9.59 Å². The van der Waals surface area contributed by atoms with E-state index in [0.29, 0.717) is 21.2 Å². The first kappa shape index (κ1) is 18.4. The quantitative estimate of drug-likeness (QED) is 0.456. The van der Waals surface area contributed by atoms with Crippen molar-refractivity contribution in [1.29, 1.82) is 0 Å². The van der Waals surface area contributed by atoms with Gasteiger partial charge in [0.1, 0.15) is 17.1 Å². The first-order valence-corrected chi connectivity index (χ1v) is 9.71. The highest BCUT2D eigenvalue weighted by Crippen LogP contribution is 2.29. The first-order valence-electron chi connectivity index (χ1n) is 8.51. The van der Waals surface area contributed by atoms with Crippen molar-refractivity contribution in [3.05, 3.63) is 92.3 Å². The van der Waals surface area contributed by atoms with Crippen molar-refractivity contribution in [2.24, 2.45) is 0 Å². The SMILES string of the molecule is Cc1ccc2nc(COC(=O)c3ccc(-c4ccc(Cl)cc4)s3)cc(=O)n2c1. The molecule has 0 atom stereocenters. The molecule has 5 nitrogen and oxygen atoms in total. The van der Waals surface area contributed by atoms with Crippen molar-refractivity contribution < 1.29 is 9.53 Å². The second-order valence-corrected chi connectivity index (χ2v) is 7.79. The summed E-state index contributed by atoms with van der Waals surface area (Å²) in [6.07, 6.45) is 1.73. The van der Waals surface area contributed by atoms with Gasteiger partial charge in [0.05, 0.1) is 5.69 Å². The van der Waals surface area contributed by atoms with Crippen LogP contribution in [-0.4, -0.2) is 15.4 Å². The van der Waals surface area contributed by atoms with E-state index in [1.165, 1.54) is 21.8 Å². The zero-order chi connectivity index (χ0) is 19.7. The van der Waals surface area contributed by atoms with Gasteiger partial charge < -0.3 is 4.74 Å². The van der Waals surface area contributed by atoms with E-state index in [1.807, 2.05) is 31.2 Å². The monoisotopic (exact) mass is 410 g/mol. The average molecular weight is 411 g/mol. The lowest BCUT2D eigenvalue weighted by atomic mass is 10.2. The second kappa shape index (κ2) is 7.58. The molecule has 0 amide bonds. The fourth-order valence-electron chi connectivity index (χ4n) is 2.76. The molecule has 3 aromatic heterocycles. The van der Waals surface area contributed by atoms with Gasteiger partial charge in [-0.3, -0.25) is 9.20 Å². The Balaban J connectivity index is 1.49. The molecule has 0 bridgehead atoms. The smallest absolute Gasteiger partial charge is 0.348 e. The molecule has 0 saturated heterocycles. The number of carbonyl (C=O) groups is 1. The topological polar surface area (TPSA) is 60.7 Å². The van der Waals surface area contributed by atoms with E-state index in [0.717, 1.165) is 16.0 Å². The Kier molecular flexibility index (Phi) is 4.98. The molecular formula is C21H15ClN2O3S. The third kappa shape index (κ3) is 3.83. The average Bonchev–Trinajstić information content (AvgIpc) is 3.17. The van der Waals surface area contributed by atoms with Gasteiger partial charge in [-0.15, -0.1) is 11.3 Å². The van der Waals surface area contributed by atoms with Crippen molar-refractivity contribution >= 4 is 34.6 Å². The highest BCUT2D eigenvalue weighted by molar-refractivity contribution is 7.17. The van der Waals surface area contributed by atoms with Crippen LogP contribution < -0.4 is 5.56 Å². The summed E-state index contributed by atoms with van der Waals surface area (Å²) >= 11 is 7.25. The number of fused-ring (bicyclic) bond motifs is 1. The molecule has 7 heteroatoms. The minimum atomic E-state index is -0.448. The van der Waals surface area contributed by atoms with Crippen molar-refractivity contribution in [1.82, 2.24) is 9.38 Å². The Hall–Kier alpha value is -2.96. The highest BCUT2D eigenvalue weighted by atomic mass is 35.5. The van der Waals surface area contributed by atoms with E-state index in [4.69, 9.17) is 16.3 Å². The maximum atomic E-state index is 12.4. The molecule has 0 N–H and O–H groups in total. The largest absolute Gasteiger partial charge is 0.455 e. The van der Waals surface area contributed by atoms with Crippen LogP contribution in [-0.2, 0) is 11.3 Å². The Morgan fingerprint density at radius 3 is 2.71 bits per heavy atom. The number of aryl methyl sites for hydroxylation is 1. The van der Waals surface area contributed by atoms with Gasteiger partial charge in [-0.25, -0.2) is 9.78 Å². The van der Waals surface area contributed by atoms with Gasteiger partial charge in [0.15, 0.2) is 0 Å². The van der Waals surface area contributed by atoms with E-state index in [-0.39, 0.29) is 12.2 Å². The highest BCUT2D eigenvalue weighted by Gasteiger charge is 2.13. The van der Waals surface area contributed by atoms with Crippen LogP contribution in [0.2, 0.25) is 5.02 Å². The van der Waals surface area contributed by atoms with Gasteiger partial charge in [0, 0.05) is 22.2 Å². The Morgan fingerprint density at radius 2 is 1.93 bits per heavy atom. The Bertz CT molecular complexity index is 1230. The molecule has 0 saturated carbocycles. The van der Waals surface area contributed by atoms with Crippen LogP contribution in [0.1, 0.15) is 20.9 Å². The van der Waals surface area contributed by atoms with Gasteiger partial charge in [0.25, 0.3) is 5.56 Å². The van der Waals surface area contributed by atoms with Crippen molar-refractivity contribution in [3.8, 4) is 10.4 Å². The van der Waals surface area contributed by atoms with Gasteiger partial charge >= 0.3 is 5.97 Å². The number of pyridine rings is 1. The number of rotatable bonds is 4. The number of benzene rings is 1. The van der Waals surface area contributed by atoms with Gasteiger partial charge in [0.2, 0.25) is 0 Å². The normalized spacial score (nSPS) is 10.9. The lowest BCUT2D eigenvalue weighted by molar-refractivity contribution is 0.0473. The maximum absolute atomic E-state index is 12.4. The van der Waals surface area contributed by atoms with Crippen LogP contribution in [0.15, 0.2) is 65.6 Å². The Labute approximate surface area is 169 Å². The molecule has 0 aliphatic heterocycles. The summed E-state index contributed by atoms with van der Waals surface area (Å²) in [7, 11) is 0. The van der Waals surface area contributed by atoms with Crippen LogP contribution >= 0.6 is 22.9 Å². The molecule has 0 radical (unpaired) electrons. The van der Waals surface area contributed by atoms with Crippen molar-refractivity contribution in [2.45, 2.75) is 13.5 Å². The van der Waals surface area contributed by atoms with Crippen LogP contribution in [0.4, 0.5) is 0 Å². The lowest BCUT2D eigenvalue weighted by Gasteiger charge is -2.06. The molecule has 0 spiro atoms. The molecule has 140 valence electrons. The predicted octanol–water partition coefficient (Wildman–Crippen LogP) is 4.74. The van der Waals surface area contributed by atoms with Gasteiger partial charge in [-0.1, -0.05) is 29.8 Å². The summed E-state index contributed by atoms with van der Waals surface area (Å²) in [4.78, 5) is 30.4. The number of hydrogen-bond acceptors (Lipinski definition) is 5. The molecule has 0 aliphatic rings. The summed E-state index contributed by atoms with van der Waals surface area (Å²) in [6, 6.07) is 16.0. The van der Waals surface area contributed by atoms with Gasteiger partial charge in [-0.2, -0.15) is 0 Å². The summed E-state index contributed by atoms with van der Waals surface area (Å²) in [5.74, 6) is -0.448. The number of halogens is 1.